The Morgan fingerprint density at radius 1 is 0.647 bits per heavy atom. The molecule has 8 nitrogen and oxygen atoms in total. The highest BCUT2D eigenvalue weighted by atomic mass is 31.2. The molecule has 0 fully saturated rings. The molecule has 0 radical (unpaired) electrons. The molecule has 0 heterocycles. The van der Waals surface area contributed by atoms with Crippen LogP contribution in [-0.4, -0.2) is 70.7 Å². The second-order valence-electron chi connectivity index (χ2n) is 16.2. The van der Waals surface area contributed by atoms with Crippen LogP contribution in [-0.2, 0) is 27.9 Å². The van der Waals surface area contributed by atoms with E-state index in [2.05, 4.69) is 32.9 Å². The van der Waals surface area contributed by atoms with E-state index < -0.39 is 13.9 Å². The van der Waals surface area contributed by atoms with Gasteiger partial charge in [0.1, 0.15) is 25.9 Å². The smallest absolute Gasteiger partial charge is 0.305 e. The van der Waals surface area contributed by atoms with E-state index in [1.165, 1.54) is 122 Å². The second-order valence-corrected chi connectivity index (χ2v) is 17.6. The minimum Gasteiger partial charge on any atom is -0.756 e. The number of carbonyl (C=O) groups is 1. The van der Waals surface area contributed by atoms with Crippen molar-refractivity contribution < 1.29 is 37.3 Å². The third-order valence-electron chi connectivity index (χ3n) is 9.28. The van der Waals surface area contributed by atoms with E-state index in [-0.39, 0.29) is 25.8 Å². The van der Waals surface area contributed by atoms with Crippen LogP contribution in [0.15, 0.2) is 12.2 Å². The molecule has 0 saturated carbocycles. The summed E-state index contributed by atoms with van der Waals surface area (Å²) in [7, 11) is 1.40. The summed E-state index contributed by atoms with van der Waals surface area (Å²) in [5.41, 5.74) is 0. The standard InChI is InChI=1S/C42H84NO7P/c1-7-8-9-10-11-12-13-14-15-16-17-20-23-26-29-32-36-47-41(39-50-51(45,46)49-37-35-43(4,5)6)38-48-42(44)34-31-28-25-22-19-18-21-24-27-30-33-40(2)3/h14-15,40-41H,7-13,16-39H2,1-6H3/b15-14-/t41-/m1/s1. The van der Waals surface area contributed by atoms with Gasteiger partial charge in [-0.3, -0.25) is 9.36 Å². The van der Waals surface area contributed by atoms with Gasteiger partial charge in [-0.1, -0.05) is 155 Å². The molecule has 0 aliphatic heterocycles. The Bertz CT molecular complexity index is 846. The highest BCUT2D eigenvalue weighted by molar-refractivity contribution is 7.45. The molecule has 0 spiro atoms. The minimum atomic E-state index is -4.49. The van der Waals surface area contributed by atoms with Crippen molar-refractivity contribution in [1.29, 1.82) is 0 Å². The van der Waals surface area contributed by atoms with E-state index >= 15 is 0 Å². The maximum Gasteiger partial charge on any atom is 0.305 e. The molecule has 0 aromatic carbocycles. The first kappa shape index (κ1) is 50.2. The van der Waals surface area contributed by atoms with Crippen molar-refractivity contribution in [3.8, 4) is 0 Å². The summed E-state index contributed by atoms with van der Waals surface area (Å²) in [6.45, 7) is 7.63. The van der Waals surface area contributed by atoms with Gasteiger partial charge in [-0.15, -0.1) is 0 Å². The van der Waals surface area contributed by atoms with Gasteiger partial charge in [0.15, 0.2) is 0 Å². The number of quaternary nitrogens is 1. The number of carbonyl (C=O) groups excluding carboxylic acids is 1. The lowest BCUT2D eigenvalue weighted by Crippen LogP contribution is -2.37. The zero-order valence-corrected chi connectivity index (χ0v) is 35.4. The van der Waals surface area contributed by atoms with Gasteiger partial charge in [-0.2, -0.15) is 0 Å². The highest BCUT2D eigenvalue weighted by Gasteiger charge is 2.19. The van der Waals surface area contributed by atoms with Gasteiger partial charge in [0, 0.05) is 13.0 Å². The molecule has 0 saturated heterocycles. The number of nitrogens with zero attached hydrogens (tertiary/aromatic N) is 1. The lowest BCUT2D eigenvalue weighted by molar-refractivity contribution is -0.870. The Kier molecular flexibility index (Phi) is 34.5. The van der Waals surface area contributed by atoms with Crippen molar-refractivity contribution in [3.05, 3.63) is 12.2 Å². The van der Waals surface area contributed by atoms with E-state index in [1.807, 2.05) is 21.1 Å². The lowest BCUT2D eigenvalue weighted by atomic mass is 10.0. The number of hydrogen-bond donors (Lipinski definition) is 0. The third kappa shape index (κ3) is 40.3. The molecule has 0 bridgehead atoms. The van der Waals surface area contributed by atoms with E-state index in [9.17, 15) is 14.3 Å². The summed E-state index contributed by atoms with van der Waals surface area (Å²) in [4.78, 5) is 24.8. The van der Waals surface area contributed by atoms with Gasteiger partial charge in [0.2, 0.25) is 0 Å². The van der Waals surface area contributed by atoms with Crippen LogP contribution in [0.1, 0.15) is 188 Å². The van der Waals surface area contributed by atoms with Gasteiger partial charge < -0.3 is 27.9 Å². The second kappa shape index (κ2) is 35.0. The van der Waals surface area contributed by atoms with Crippen molar-refractivity contribution in [3.63, 3.8) is 0 Å². The number of phosphoric acid groups is 1. The summed E-state index contributed by atoms with van der Waals surface area (Å²) in [6.07, 6.45) is 35.2. The van der Waals surface area contributed by atoms with Crippen LogP contribution in [0.2, 0.25) is 0 Å². The van der Waals surface area contributed by atoms with Gasteiger partial charge in [0.05, 0.1) is 27.7 Å². The topological polar surface area (TPSA) is 94.1 Å². The molecule has 0 aromatic rings. The monoisotopic (exact) mass is 746 g/mol. The molecule has 304 valence electrons. The zero-order valence-electron chi connectivity index (χ0n) is 34.5. The van der Waals surface area contributed by atoms with Crippen molar-refractivity contribution in [2.24, 2.45) is 5.92 Å². The van der Waals surface area contributed by atoms with Crippen molar-refractivity contribution in [2.75, 3.05) is 54.1 Å². The third-order valence-corrected chi connectivity index (χ3v) is 10.2. The fourth-order valence-corrected chi connectivity index (χ4v) is 6.60. The van der Waals surface area contributed by atoms with Crippen molar-refractivity contribution >= 4 is 13.8 Å². The van der Waals surface area contributed by atoms with Gasteiger partial charge >= 0.3 is 5.97 Å². The van der Waals surface area contributed by atoms with E-state index in [1.54, 1.807) is 0 Å². The summed E-state index contributed by atoms with van der Waals surface area (Å²) >= 11 is 0. The van der Waals surface area contributed by atoms with Crippen LogP contribution in [0.5, 0.6) is 0 Å². The molecule has 1 unspecified atom stereocenters. The first-order chi connectivity index (χ1) is 24.4. The molecular formula is C42H84NO7P. The van der Waals surface area contributed by atoms with Gasteiger partial charge in [-0.25, -0.2) is 0 Å². The van der Waals surface area contributed by atoms with Gasteiger partial charge in [0.25, 0.3) is 7.82 Å². The Morgan fingerprint density at radius 2 is 1.14 bits per heavy atom. The maximum atomic E-state index is 12.5. The SMILES string of the molecule is CCCCCCCC/C=C\CCCCCCCCO[C@H](COC(=O)CCCCCCCCCCCCC(C)C)COP(=O)([O-])OCC[N+](C)(C)C. The molecule has 0 aromatic heterocycles. The molecule has 51 heavy (non-hydrogen) atoms. The number of esters is 1. The number of unbranched alkanes of at least 4 members (excludes halogenated alkanes) is 21. The predicted molar refractivity (Wildman–Crippen MR) is 213 cm³/mol. The lowest BCUT2D eigenvalue weighted by Gasteiger charge is -2.28. The molecule has 9 heteroatoms. The fourth-order valence-electron chi connectivity index (χ4n) is 5.88. The number of likely N-dealkylation sites (N-methyl/N-ethyl adjacent to an activating group) is 1. The quantitative estimate of drug-likeness (QED) is 0.0203. The van der Waals surface area contributed by atoms with Gasteiger partial charge in [-0.05, 0) is 44.4 Å². The number of phosphoric ester groups is 1. The summed E-state index contributed by atoms with van der Waals surface area (Å²) in [5, 5.41) is 0. The van der Waals surface area contributed by atoms with E-state index in [0.717, 1.165) is 44.4 Å². The Hall–Kier alpha value is -0.760. The number of hydrogen-bond acceptors (Lipinski definition) is 7. The Balaban J connectivity index is 4.24. The molecule has 0 aliphatic carbocycles. The Labute approximate surface area is 316 Å². The number of ether oxygens (including phenoxy) is 2. The first-order valence-electron chi connectivity index (χ1n) is 21.3. The summed E-state index contributed by atoms with van der Waals surface area (Å²) in [6, 6.07) is 0. The summed E-state index contributed by atoms with van der Waals surface area (Å²) in [5.74, 6) is 0.543. The minimum absolute atomic E-state index is 0.0265. The predicted octanol–water partition coefficient (Wildman–Crippen LogP) is 11.5. The zero-order chi connectivity index (χ0) is 37.9. The van der Waals surface area contributed by atoms with E-state index in [4.69, 9.17) is 18.5 Å². The molecule has 2 atom stereocenters. The van der Waals surface area contributed by atoms with Crippen molar-refractivity contribution in [1.82, 2.24) is 0 Å². The normalized spacial score (nSPS) is 14.0. The van der Waals surface area contributed by atoms with Crippen LogP contribution in [0, 0.1) is 5.92 Å². The van der Waals surface area contributed by atoms with Crippen LogP contribution in [0.3, 0.4) is 0 Å². The molecule has 0 amide bonds. The maximum absolute atomic E-state index is 12.5. The largest absolute Gasteiger partial charge is 0.756 e. The van der Waals surface area contributed by atoms with Crippen LogP contribution in [0.25, 0.3) is 0 Å². The average molecular weight is 746 g/mol. The fraction of sp³-hybridized carbons (Fsp3) is 0.929. The van der Waals surface area contributed by atoms with Crippen molar-refractivity contribution in [2.45, 2.75) is 194 Å². The molecular weight excluding hydrogens is 661 g/mol. The first-order valence-corrected chi connectivity index (χ1v) is 22.7. The summed E-state index contributed by atoms with van der Waals surface area (Å²) < 4.78 is 34.6. The highest BCUT2D eigenvalue weighted by Crippen LogP contribution is 2.38. The van der Waals surface area contributed by atoms with Crippen LogP contribution in [0.4, 0.5) is 0 Å². The molecule has 0 N–H and O–H groups in total. The molecule has 0 rings (SSSR count). The number of rotatable bonds is 39. The molecule has 0 aliphatic rings. The Morgan fingerprint density at radius 3 is 1.67 bits per heavy atom. The van der Waals surface area contributed by atoms with E-state index in [0.29, 0.717) is 24.1 Å². The van der Waals surface area contributed by atoms with Crippen LogP contribution >= 0.6 is 7.82 Å². The number of allylic oxidation sites excluding steroid dienone is 2. The van der Waals surface area contributed by atoms with Crippen LogP contribution < -0.4 is 4.89 Å². The average Bonchev–Trinajstić information content (AvgIpc) is 3.06.